The predicted molar refractivity (Wildman–Crippen MR) is 154 cm³/mol. The second kappa shape index (κ2) is 10.9. The molecule has 1 fully saturated rings. The summed E-state index contributed by atoms with van der Waals surface area (Å²) in [6, 6.07) is 24.0. The highest BCUT2D eigenvalue weighted by Gasteiger charge is 2.14. The number of hydrogen-bond donors (Lipinski definition) is 2. The van der Waals surface area contributed by atoms with Crippen LogP contribution in [0.4, 0.5) is 37.9 Å². The zero-order chi connectivity index (χ0) is 24.9. The van der Waals surface area contributed by atoms with E-state index in [2.05, 4.69) is 65.5 Å². The number of fused-ring (bicyclic) bond motifs is 1. The molecule has 8 nitrogen and oxygen atoms in total. The molecule has 2 aromatic heterocycles. The molecule has 1 aliphatic rings. The van der Waals surface area contributed by atoms with Gasteiger partial charge in [-0.15, -0.1) is 26.7 Å². The van der Waals surface area contributed by atoms with Crippen LogP contribution in [0.2, 0.25) is 0 Å². The van der Waals surface area contributed by atoms with Gasteiger partial charge >= 0.3 is 0 Å². The van der Waals surface area contributed by atoms with E-state index in [1.165, 1.54) is 29.2 Å². The van der Waals surface area contributed by atoms with Crippen molar-refractivity contribution in [3.63, 3.8) is 0 Å². The van der Waals surface area contributed by atoms with E-state index in [-0.39, 0.29) is 0 Å². The van der Waals surface area contributed by atoms with Gasteiger partial charge in [-0.1, -0.05) is 35.6 Å². The van der Waals surface area contributed by atoms with Gasteiger partial charge in [-0.3, -0.25) is 10.9 Å². The van der Waals surface area contributed by atoms with Crippen LogP contribution in [0.25, 0.3) is 10.8 Å². The normalized spacial score (nSPS) is 13.8. The number of rotatable bonds is 8. The molecular weight excluding hydrogens is 500 g/mol. The molecule has 2 N–H and O–H groups in total. The first-order valence-electron chi connectivity index (χ1n) is 12.0. The van der Waals surface area contributed by atoms with Gasteiger partial charge in [0.1, 0.15) is 5.00 Å². The van der Waals surface area contributed by atoms with Gasteiger partial charge in [0.25, 0.3) is 0 Å². The third-order valence-electron chi connectivity index (χ3n) is 6.02. The third-order valence-corrected chi connectivity index (χ3v) is 7.74. The Labute approximate surface area is 222 Å². The van der Waals surface area contributed by atoms with E-state index in [9.17, 15) is 0 Å². The Morgan fingerprint density at radius 2 is 1.49 bits per heavy atom. The maximum absolute atomic E-state index is 4.54. The van der Waals surface area contributed by atoms with Crippen molar-refractivity contribution in [2.75, 3.05) is 28.8 Å². The monoisotopic (exact) mass is 524 g/mol. The van der Waals surface area contributed by atoms with Crippen molar-refractivity contribution in [3.8, 4) is 0 Å². The maximum Gasteiger partial charge on any atom is 0.229 e. The molecule has 0 amide bonds. The minimum atomic E-state index is 0.631. The van der Waals surface area contributed by atoms with Crippen LogP contribution in [0.3, 0.4) is 0 Å². The highest BCUT2D eigenvalue weighted by Crippen LogP contribution is 2.35. The number of benzene rings is 3. The molecule has 0 bridgehead atoms. The highest BCUT2D eigenvalue weighted by atomic mass is 32.1. The van der Waals surface area contributed by atoms with E-state index in [0.717, 1.165) is 51.6 Å². The van der Waals surface area contributed by atoms with Crippen molar-refractivity contribution in [3.05, 3.63) is 84.4 Å². The molecule has 10 heteroatoms. The van der Waals surface area contributed by atoms with Crippen molar-refractivity contribution >= 4 is 71.3 Å². The van der Waals surface area contributed by atoms with Crippen LogP contribution in [0, 0.1) is 0 Å². The zero-order valence-electron chi connectivity index (χ0n) is 19.9. The van der Waals surface area contributed by atoms with Crippen LogP contribution in [0.1, 0.15) is 12.8 Å². The van der Waals surface area contributed by atoms with E-state index in [1.54, 1.807) is 17.5 Å². The predicted octanol–water partition coefficient (Wildman–Crippen LogP) is 9.23. The lowest BCUT2D eigenvalue weighted by atomic mass is 10.1. The average molecular weight is 525 g/mol. The first-order chi connectivity index (χ1) is 18.3. The minimum absolute atomic E-state index is 0.631. The van der Waals surface area contributed by atoms with Gasteiger partial charge in [0.2, 0.25) is 5.13 Å². The molecule has 1 aliphatic heterocycles. The smallest absolute Gasteiger partial charge is 0.229 e. The largest absolute Gasteiger partial charge is 0.363 e. The Kier molecular flexibility index (Phi) is 6.82. The number of azo groups is 2. The van der Waals surface area contributed by atoms with Crippen LogP contribution in [-0.2, 0) is 0 Å². The number of nitrogens with zero attached hydrogens (tertiary/aromatic N) is 6. The van der Waals surface area contributed by atoms with Gasteiger partial charge in [0.15, 0.2) is 0 Å². The molecule has 0 saturated carbocycles. The molecule has 3 heterocycles. The van der Waals surface area contributed by atoms with E-state index < -0.39 is 0 Å². The van der Waals surface area contributed by atoms with Crippen LogP contribution in [-0.4, -0.2) is 18.1 Å². The summed E-state index contributed by atoms with van der Waals surface area (Å²) in [5.74, 6) is 0. The number of anilines is 3. The molecule has 5 aromatic rings. The average Bonchev–Trinajstić information content (AvgIpc) is 3.73. The Bertz CT molecular complexity index is 1530. The van der Waals surface area contributed by atoms with Crippen molar-refractivity contribution in [2.24, 2.45) is 20.5 Å². The fourth-order valence-electron chi connectivity index (χ4n) is 4.17. The lowest BCUT2D eigenvalue weighted by Crippen LogP contribution is -2.15. The molecule has 6 rings (SSSR count). The van der Waals surface area contributed by atoms with Crippen molar-refractivity contribution in [1.82, 2.24) is 4.98 Å². The van der Waals surface area contributed by atoms with Crippen LogP contribution < -0.4 is 15.8 Å². The molecule has 184 valence electrons. The van der Waals surface area contributed by atoms with Gasteiger partial charge < -0.3 is 4.90 Å². The van der Waals surface area contributed by atoms with Crippen molar-refractivity contribution in [2.45, 2.75) is 12.8 Å². The molecule has 0 atom stereocenters. The number of hydrogen-bond acceptors (Lipinski definition) is 10. The van der Waals surface area contributed by atoms with Gasteiger partial charge in [-0.25, -0.2) is 4.98 Å². The molecule has 0 spiro atoms. The molecule has 3 aromatic carbocycles. The van der Waals surface area contributed by atoms with E-state index in [4.69, 9.17) is 0 Å². The second-order valence-corrected chi connectivity index (χ2v) is 10.4. The number of aromatic nitrogens is 1. The lowest BCUT2D eigenvalue weighted by molar-refractivity contribution is 0.949. The highest BCUT2D eigenvalue weighted by molar-refractivity contribution is 7.20. The van der Waals surface area contributed by atoms with Crippen molar-refractivity contribution in [1.29, 1.82) is 0 Å². The third kappa shape index (κ3) is 5.50. The van der Waals surface area contributed by atoms with Crippen LogP contribution >= 0.6 is 22.7 Å². The number of hydrazine groups is 1. The van der Waals surface area contributed by atoms with E-state index in [0.29, 0.717) is 5.13 Å². The van der Waals surface area contributed by atoms with Crippen molar-refractivity contribution < 1.29 is 0 Å². The standard InChI is InChI=1S/C27H24N8S2/c1-2-6-22-21(5-1)23(31-29-19-7-9-20(10-8-19)30-34-27-28-15-18-36-27)11-12-24(22)32-33-25-13-14-26(37-25)35-16-3-4-17-35/h1-2,5-15,18,32-33H,3-4,16-17H2/b31-29+,34-30+. The molecule has 1 saturated heterocycles. The van der Waals surface area contributed by atoms with Gasteiger partial charge in [0.05, 0.1) is 27.8 Å². The topological polar surface area (TPSA) is 89.6 Å². The number of thiophene rings is 1. The van der Waals surface area contributed by atoms with E-state index >= 15 is 0 Å². The SMILES string of the molecule is c1ccc2c(NNc3ccc(N4CCCC4)s3)ccc(/N=N/c3ccc(/N=N/c4nccs4)cc3)c2c1. The van der Waals surface area contributed by atoms with Gasteiger partial charge in [0, 0.05) is 35.4 Å². The summed E-state index contributed by atoms with van der Waals surface area (Å²) >= 11 is 3.22. The summed E-state index contributed by atoms with van der Waals surface area (Å²) in [4.78, 5) is 6.55. The Morgan fingerprint density at radius 1 is 0.730 bits per heavy atom. The fourth-order valence-corrected chi connectivity index (χ4v) is 5.54. The molecular formula is C27H24N8S2. The fraction of sp³-hybridized carbons (Fsp3) is 0.148. The lowest BCUT2D eigenvalue weighted by Gasteiger charge is -2.14. The molecule has 0 aliphatic carbocycles. The summed E-state index contributed by atoms with van der Waals surface area (Å²) in [5, 5.41) is 24.3. The van der Waals surface area contributed by atoms with Crippen LogP contribution in [0.5, 0.6) is 0 Å². The Hall–Kier alpha value is -4.15. The number of thiazole rings is 1. The summed E-state index contributed by atoms with van der Waals surface area (Å²) in [6.07, 6.45) is 4.26. The zero-order valence-corrected chi connectivity index (χ0v) is 21.5. The van der Waals surface area contributed by atoms with Gasteiger partial charge in [-0.2, -0.15) is 5.11 Å². The quantitative estimate of drug-likeness (QED) is 0.156. The Morgan fingerprint density at radius 3 is 2.24 bits per heavy atom. The second-order valence-electron chi connectivity index (χ2n) is 8.49. The first-order valence-corrected chi connectivity index (χ1v) is 13.7. The Balaban J connectivity index is 1.15. The maximum atomic E-state index is 4.54. The molecule has 0 radical (unpaired) electrons. The first kappa shape index (κ1) is 23.3. The number of nitrogens with one attached hydrogen (secondary N) is 2. The van der Waals surface area contributed by atoms with Gasteiger partial charge in [-0.05, 0) is 61.4 Å². The van der Waals surface area contributed by atoms with Crippen LogP contribution in [0.15, 0.2) is 105 Å². The summed E-state index contributed by atoms with van der Waals surface area (Å²) < 4.78 is 0. The molecule has 0 unspecified atom stereocenters. The minimum Gasteiger partial charge on any atom is -0.363 e. The van der Waals surface area contributed by atoms with E-state index in [1.807, 2.05) is 53.9 Å². The summed E-state index contributed by atoms with van der Waals surface area (Å²) in [5.41, 5.74) is 10.0. The summed E-state index contributed by atoms with van der Waals surface area (Å²) in [7, 11) is 0. The molecule has 37 heavy (non-hydrogen) atoms. The summed E-state index contributed by atoms with van der Waals surface area (Å²) in [6.45, 7) is 2.30.